The summed E-state index contributed by atoms with van der Waals surface area (Å²) < 4.78 is 33.6. The first-order valence-corrected chi connectivity index (χ1v) is 13.7. The fraction of sp³-hybridized carbons (Fsp3) is 0.350. The van der Waals surface area contributed by atoms with Crippen molar-refractivity contribution < 1.29 is 12.9 Å². The zero-order valence-electron chi connectivity index (χ0n) is 16.9. The van der Waals surface area contributed by atoms with Crippen LogP contribution in [0.1, 0.15) is 26.3 Å². The average molecular weight is 437 g/mol. The zero-order chi connectivity index (χ0) is 20.9. The highest BCUT2D eigenvalue weighted by Gasteiger charge is 2.44. The molecule has 0 spiro atoms. The molecule has 0 atom stereocenters. The maximum absolute atomic E-state index is 13.2. The van der Waals surface area contributed by atoms with Gasteiger partial charge >= 0.3 is 0 Å². The number of hydrogen-bond donors (Lipinski definition) is 0. The van der Waals surface area contributed by atoms with E-state index in [1.807, 2.05) is 18.2 Å². The van der Waals surface area contributed by atoms with Crippen LogP contribution < -0.4 is 0 Å². The quantitative estimate of drug-likeness (QED) is 0.490. The molecular weight excluding hydrogens is 412 g/mol. The number of rotatable bonds is 3. The number of allylic oxidation sites excluding steroid dienone is 4. The van der Waals surface area contributed by atoms with Crippen LogP contribution in [0.4, 0.5) is 0 Å². The topological polar surface area (TPSA) is 59.0 Å². The fourth-order valence-corrected chi connectivity index (χ4v) is 5.26. The lowest BCUT2D eigenvalue weighted by molar-refractivity contribution is 0.308. The van der Waals surface area contributed by atoms with Crippen LogP contribution in [-0.2, 0) is 14.6 Å². The van der Waals surface area contributed by atoms with E-state index in [9.17, 15) is 8.42 Å². The first-order valence-electron chi connectivity index (χ1n) is 9.01. The Morgan fingerprint density at radius 3 is 2.29 bits per heavy atom. The van der Waals surface area contributed by atoms with Gasteiger partial charge in [0.15, 0.2) is 0 Å². The van der Waals surface area contributed by atoms with Crippen LogP contribution >= 0.6 is 11.6 Å². The highest BCUT2D eigenvalue weighted by molar-refractivity contribution is 7.99. The van der Waals surface area contributed by atoms with Crippen molar-refractivity contribution in [1.82, 2.24) is 4.31 Å². The second-order valence-electron chi connectivity index (χ2n) is 8.40. The molecule has 150 valence electrons. The molecule has 0 bridgehead atoms. The van der Waals surface area contributed by atoms with E-state index in [-0.39, 0.29) is 9.94 Å². The minimum Gasteiger partial charge on any atom is -0.454 e. The smallest absolute Gasteiger partial charge is 0.286 e. The van der Waals surface area contributed by atoms with E-state index < -0.39 is 18.3 Å². The minimum absolute atomic E-state index is 0.0268. The van der Waals surface area contributed by atoms with Crippen LogP contribution in [0.5, 0.6) is 0 Å². The second-order valence-corrected chi connectivity index (χ2v) is 15.4. The summed E-state index contributed by atoms with van der Waals surface area (Å²) in [4.78, 5) is 0.200. The van der Waals surface area contributed by atoms with Crippen LogP contribution in [0.3, 0.4) is 0 Å². The Morgan fingerprint density at radius 1 is 1.11 bits per heavy atom. The molecule has 5 nitrogen and oxygen atoms in total. The van der Waals surface area contributed by atoms with Gasteiger partial charge in [-0.25, -0.2) is 8.42 Å². The highest BCUT2D eigenvalue weighted by Crippen LogP contribution is 2.45. The van der Waals surface area contributed by atoms with Crippen molar-refractivity contribution in [2.75, 3.05) is 7.05 Å². The van der Waals surface area contributed by atoms with E-state index in [0.29, 0.717) is 27.6 Å². The van der Waals surface area contributed by atoms with Gasteiger partial charge in [-0.3, -0.25) is 4.31 Å². The van der Waals surface area contributed by atoms with Crippen LogP contribution in [0, 0.1) is 0 Å². The highest BCUT2D eigenvalue weighted by atomic mass is 35.5. The Bertz CT molecular complexity index is 1030. The van der Waals surface area contributed by atoms with Crippen molar-refractivity contribution >= 4 is 40.6 Å². The van der Waals surface area contributed by atoms with Crippen LogP contribution in [0.2, 0.25) is 18.1 Å². The molecule has 1 aliphatic carbocycles. The molecule has 0 amide bonds. The number of nitrogens with zero attached hydrogens (tertiary/aromatic N) is 2. The van der Waals surface area contributed by atoms with Crippen LogP contribution in [0.25, 0.3) is 4.91 Å². The molecule has 1 aromatic carbocycles. The average Bonchev–Trinajstić information content (AvgIpc) is 2.81. The summed E-state index contributed by atoms with van der Waals surface area (Å²) in [5.74, 6) is 0. The Labute approximate surface area is 173 Å². The minimum atomic E-state index is -3.74. The maximum Gasteiger partial charge on any atom is 0.286 e. The molecule has 0 N–H and O–H groups in total. The third-order valence-electron chi connectivity index (χ3n) is 5.48. The van der Waals surface area contributed by atoms with Gasteiger partial charge in [-0.1, -0.05) is 62.7 Å². The molecule has 0 unspecified atom stereocenters. The van der Waals surface area contributed by atoms with E-state index >= 15 is 0 Å². The third kappa shape index (κ3) is 3.36. The van der Waals surface area contributed by atoms with E-state index in [4.69, 9.17) is 16.1 Å². The molecule has 8 heteroatoms. The van der Waals surface area contributed by atoms with E-state index in [0.717, 1.165) is 0 Å². The Hall–Kier alpha value is -1.83. The Morgan fingerprint density at radius 2 is 1.71 bits per heavy atom. The predicted molar refractivity (Wildman–Crippen MR) is 118 cm³/mol. The first-order chi connectivity index (χ1) is 12.9. The SMILES string of the molecule is CN1C2=C(Cl)C=C/C(=N\O[Si](C)(C)C(C)(C)C)C2=C(c2ccccc2)S1(=O)=O. The van der Waals surface area contributed by atoms with Crippen molar-refractivity contribution in [3.63, 3.8) is 0 Å². The number of sulfonamides is 1. The normalized spacial score (nSPS) is 20.8. The summed E-state index contributed by atoms with van der Waals surface area (Å²) in [5.41, 5.74) is 1.98. The molecule has 0 saturated carbocycles. The monoisotopic (exact) mass is 436 g/mol. The lowest BCUT2D eigenvalue weighted by atomic mass is 9.98. The van der Waals surface area contributed by atoms with Gasteiger partial charge in [0.1, 0.15) is 10.6 Å². The number of fused-ring (bicyclic) bond motifs is 1. The van der Waals surface area contributed by atoms with Crippen molar-refractivity contribution in [2.45, 2.75) is 38.9 Å². The van der Waals surface area contributed by atoms with Gasteiger partial charge in [0.2, 0.25) is 0 Å². The number of benzene rings is 1. The molecular formula is C20H25ClN2O3SSi. The van der Waals surface area contributed by atoms with E-state index in [1.165, 1.54) is 11.4 Å². The van der Waals surface area contributed by atoms with Crippen molar-refractivity contribution in [2.24, 2.45) is 5.16 Å². The number of hydrogen-bond acceptors (Lipinski definition) is 4. The van der Waals surface area contributed by atoms with E-state index in [1.54, 1.807) is 24.3 Å². The maximum atomic E-state index is 13.2. The Kier molecular flexibility index (Phi) is 5.14. The van der Waals surface area contributed by atoms with Gasteiger partial charge in [0.25, 0.3) is 18.3 Å². The molecule has 0 aromatic heterocycles. The summed E-state index contributed by atoms with van der Waals surface area (Å²) in [5, 5.41) is 4.76. The number of halogens is 1. The van der Waals surface area contributed by atoms with Gasteiger partial charge in [0.05, 0.1) is 16.3 Å². The van der Waals surface area contributed by atoms with Crippen LogP contribution in [-0.4, -0.2) is 33.8 Å². The standard InChI is InChI=1S/C20H25ClN2O3SSi/c1-20(2,3)28(5,6)26-22-16-13-12-15(21)18-17(16)19(27(24,25)23(18)4)14-10-8-7-9-11-14/h7-13H,1-6H3/b22-16+. The molecule has 0 radical (unpaired) electrons. The van der Waals surface area contributed by atoms with Gasteiger partial charge in [-0.15, -0.1) is 5.16 Å². The van der Waals surface area contributed by atoms with E-state index in [2.05, 4.69) is 39.0 Å². The van der Waals surface area contributed by atoms with Crippen LogP contribution in [0.15, 0.2) is 63.9 Å². The molecule has 3 rings (SSSR count). The molecule has 1 heterocycles. The van der Waals surface area contributed by atoms with Gasteiger partial charge in [-0.05, 0) is 35.8 Å². The third-order valence-corrected chi connectivity index (χ3v) is 11.8. The fourth-order valence-electron chi connectivity index (χ4n) is 2.73. The summed E-state index contributed by atoms with van der Waals surface area (Å²) in [6.45, 7) is 10.6. The largest absolute Gasteiger partial charge is 0.454 e. The molecule has 0 saturated heterocycles. The number of oxime groups is 1. The van der Waals surface area contributed by atoms with Crippen molar-refractivity contribution in [3.05, 3.63) is 64.3 Å². The molecule has 1 aromatic rings. The summed E-state index contributed by atoms with van der Waals surface area (Å²) in [7, 11) is -4.40. The zero-order valence-corrected chi connectivity index (χ0v) is 19.5. The Balaban J connectivity index is 2.22. The molecule has 0 fully saturated rings. The second kappa shape index (κ2) is 6.90. The lowest BCUT2D eigenvalue weighted by Gasteiger charge is -2.33. The lowest BCUT2D eigenvalue weighted by Crippen LogP contribution is -2.39. The van der Waals surface area contributed by atoms with Gasteiger partial charge < -0.3 is 4.53 Å². The molecule has 28 heavy (non-hydrogen) atoms. The summed E-state index contributed by atoms with van der Waals surface area (Å²) in [6, 6.07) is 9.01. The van der Waals surface area contributed by atoms with Crippen molar-refractivity contribution in [1.29, 1.82) is 0 Å². The van der Waals surface area contributed by atoms with Crippen molar-refractivity contribution in [3.8, 4) is 0 Å². The molecule has 1 aliphatic heterocycles. The van der Waals surface area contributed by atoms with Gasteiger partial charge in [-0.2, -0.15) is 0 Å². The van der Waals surface area contributed by atoms with Gasteiger partial charge in [0, 0.05) is 7.05 Å². The summed E-state index contributed by atoms with van der Waals surface area (Å²) >= 11 is 6.39. The number of likely N-dealkylation sites (N-methyl/N-ethyl adjacent to an activating group) is 1. The predicted octanol–water partition coefficient (Wildman–Crippen LogP) is 5.07. The first kappa shape index (κ1) is 20.9. The summed E-state index contributed by atoms with van der Waals surface area (Å²) in [6.07, 6.45) is 3.38. The molecule has 2 aliphatic rings.